The molecule has 1 aliphatic carbocycles. The average molecular weight is 303 g/mol. The van der Waals surface area contributed by atoms with Crippen LogP contribution >= 0.6 is 11.6 Å². The van der Waals surface area contributed by atoms with E-state index in [2.05, 4.69) is 17.2 Å². The SMILES string of the molecule is CCCC1(CNC(=O)c2cc(Cl)c3ccccc3n2)CC1. The highest BCUT2D eigenvalue weighted by Crippen LogP contribution is 2.48. The molecule has 0 radical (unpaired) electrons. The largest absolute Gasteiger partial charge is 0.350 e. The molecule has 3 nitrogen and oxygen atoms in total. The normalized spacial score (nSPS) is 15.9. The van der Waals surface area contributed by atoms with E-state index < -0.39 is 0 Å². The number of hydrogen-bond acceptors (Lipinski definition) is 2. The second-order valence-electron chi connectivity index (χ2n) is 5.94. The molecule has 1 N–H and O–H groups in total. The summed E-state index contributed by atoms with van der Waals surface area (Å²) in [5.41, 5.74) is 1.49. The number of amides is 1. The highest BCUT2D eigenvalue weighted by atomic mass is 35.5. The van der Waals surface area contributed by atoms with Gasteiger partial charge in [0.25, 0.3) is 5.91 Å². The lowest BCUT2D eigenvalue weighted by Crippen LogP contribution is -2.30. The van der Waals surface area contributed by atoms with Crippen LogP contribution in [0.2, 0.25) is 5.02 Å². The third kappa shape index (κ3) is 3.03. The number of rotatable bonds is 5. The lowest BCUT2D eigenvalue weighted by molar-refractivity contribution is 0.0939. The van der Waals surface area contributed by atoms with E-state index >= 15 is 0 Å². The van der Waals surface area contributed by atoms with E-state index in [0.717, 1.165) is 23.9 Å². The minimum absolute atomic E-state index is 0.134. The standard InChI is InChI=1S/C17H19ClN2O/c1-2-7-17(8-9-17)11-19-16(21)15-10-13(18)12-5-3-4-6-14(12)20-15/h3-6,10H,2,7-9,11H2,1H3,(H,19,21). The zero-order valence-corrected chi connectivity index (χ0v) is 12.9. The van der Waals surface area contributed by atoms with E-state index in [0.29, 0.717) is 16.1 Å². The second kappa shape index (κ2) is 5.64. The summed E-state index contributed by atoms with van der Waals surface area (Å²) in [6.07, 6.45) is 4.77. The predicted octanol–water partition coefficient (Wildman–Crippen LogP) is 4.20. The maximum atomic E-state index is 12.3. The zero-order chi connectivity index (χ0) is 14.9. The third-order valence-corrected chi connectivity index (χ3v) is 4.57. The van der Waals surface area contributed by atoms with Gasteiger partial charge in [0.05, 0.1) is 10.5 Å². The van der Waals surface area contributed by atoms with Crippen molar-refractivity contribution in [2.45, 2.75) is 32.6 Å². The summed E-state index contributed by atoms with van der Waals surface area (Å²) >= 11 is 6.24. The molecule has 1 fully saturated rings. The minimum Gasteiger partial charge on any atom is -0.350 e. The number of carbonyl (C=O) groups is 1. The first-order valence-electron chi connectivity index (χ1n) is 7.47. The first-order chi connectivity index (χ1) is 10.1. The number of carbonyl (C=O) groups excluding carboxylic acids is 1. The van der Waals surface area contributed by atoms with Gasteiger partial charge in [-0.1, -0.05) is 43.1 Å². The highest BCUT2D eigenvalue weighted by Gasteiger charge is 2.41. The van der Waals surface area contributed by atoms with Crippen LogP contribution in [0.5, 0.6) is 0 Å². The summed E-state index contributed by atoms with van der Waals surface area (Å²) in [7, 11) is 0. The van der Waals surface area contributed by atoms with E-state index in [1.807, 2.05) is 24.3 Å². The second-order valence-corrected chi connectivity index (χ2v) is 6.35. The zero-order valence-electron chi connectivity index (χ0n) is 12.2. The Hall–Kier alpha value is -1.61. The van der Waals surface area contributed by atoms with Gasteiger partial charge in [-0.05, 0) is 36.8 Å². The number of halogens is 1. The molecule has 1 aromatic carbocycles. The van der Waals surface area contributed by atoms with E-state index in [9.17, 15) is 4.79 Å². The number of nitrogens with zero attached hydrogens (tertiary/aromatic N) is 1. The molecule has 3 rings (SSSR count). The van der Waals surface area contributed by atoms with Gasteiger partial charge in [-0.3, -0.25) is 4.79 Å². The molecule has 1 saturated carbocycles. The van der Waals surface area contributed by atoms with Gasteiger partial charge in [0, 0.05) is 11.9 Å². The van der Waals surface area contributed by atoms with Gasteiger partial charge >= 0.3 is 0 Å². The number of hydrogen-bond donors (Lipinski definition) is 1. The van der Waals surface area contributed by atoms with Gasteiger partial charge < -0.3 is 5.32 Å². The van der Waals surface area contributed by atoms with Gasteiger partial charge in [0.15, 0.2) is 0 Å². The summed E-state index contributed by atoms with van der Waals surface area (Å²) in [6.45, 7) is 2.93. The molecule has 0 spiro atoms. The highest BCUT2D eigenvalue weighted by molar-refractivity contribution is 6.35. The molecule has 0 bridgehead atoms. The van der Waals surface area contributed by atoms with Crippen molar-refractivity contribution in [3.05, 3.63) is 41.0 Å². The van der Waals surface area contributed by atoms with Crippen molar-refractivity contribution in [3.8, 4) is 0 Å². The Balaban J connectivity index is 1.76. The summed E-state index contributed by atoms with van der Waals surface area (Å²) < 4.78 is 0. The summed E-state index contributed by atoms with van der Waals surface area (Å²) in [4.78, 5) is 16.7. The molecule has 0 atom stereocenters. The van der Waals surface area contributed by atoms with Crippen LogP contribution < -0.4 is 5.32 Å². The fourth-order valence-electron chi connectivity index (χ4n) is 2.83. The van der Waals surface area contributed by atoms with Crippen molar-refractivity contribution >= 4 is 28.4 Å². The average Bonchev–Trinajstić information content (AvgIpc) is 3.25. The topological polar surface area (TPSA) is 42.0 Å². The fraction of sp³-hybridized carbons (Fsp3) is 0.412. The van der Waals surface area contributed by atoms with Crippen LogP contribution in [0.15, 0.2) is 30.3 Å². The molecule has 2 aromatic rings. The monoisotopic (exact) mass is 302 g/mol. The Morgan fingerprint density at radius 3 is 2.86 bits per heavy atom. The molecule has 1 aliphatic rings. The molecular weight excluding hydrogens is 284 g/mol. The van der Waals surface area contributed by atoms with Gasteiger partial charge in [-0.25, -0.2) is 4.98 Å². The Morgan fingerprint density at radius 1 is 1.38 bits per heavy atom. The minimum atomic E-state index is -0.134. The number of pyridine rings is 1. The lowest BCUT2D eigenvalue weighted by Gasteiger charge is -2.14. The molecule has 1 heterocycles. The third-order valence-electron chi connectivity index (χ3n) is 4.26. The van der Waals surface area contributed by atoms with Crippen LogP contribution in [0.3, 0.4) is 0 Å². The Kier molecular flexibility index (Phi) is 3.85. The van der Waals surface area contributed by atoms with Crippen molar-refractivity contribution in [3.63, 3.8) is 0 Å². The molecule has 1 aromatic heterocycles. The molecule has 0 unspecified atom stereocenters. The van der Waals surface area contributed by atoms with Crippen molar-refractivity contribution < 1.29 is 4.79 Å². The van der Waals surface area contributed by atoms with Crippen molar-refractivity contribution in [1.29, 1.82) is 0 Å². The summed E-state index contributed by atoms with van der Waals surface area (Å²) in [5.74, 6) is -0.134. The molecule has 110 valence electrons. The van der Waals surface area contributed by atoms with Crippen LogP contribution in [0.25, 0.3) is 10.9 Å². The first kappa shape index (κ1) is 14.3. The van der Waals surface area contributed by atoms with E-state index in [1.54, 1.807) is 6.07 Å². The van der Waals surface area contributed by atoms with Crippen LogP contribution in [-0.2, 0) is 0 Å². The maximum absolute atomic E-state index is 12.3. The number of benzene rings is 1. The maximum Gasteiger partial charge on any atom is 0.269 e. The Labute approximate surface area is 129 Å². The molecule has 21 heavy (non-hydrogen) atoms. The van der Waals surface area contributed by atoms with Crippen molar-refractivity contribution in [2.24, 2.45) is 5.41 Å². The van der Waals surface area contributed by atoms with Crippen LogP contribution in [-0.4, -0.2) is 17.4 Å². The number of nitrogens with one attached hydrogen (secondary N) is 1. The molecule has 0 aliphatic heterocycles. The van der Waals surface area contributed by atoms with Crippen LogP contribution in [0, 0.1) is 5.41 Å². The van der Waals surface area contributed by atoms with Crippen molar-refractivity contribution in [2.75, 3.05) is 6.54 Å². The fourth-order valence-corrected chi connectivity index (χ4v) is 3.09. The summed E-state index contributed by atoms with van der Waals surface area (Å²) in [6, 6.07) is 9.24. The molecule has 1 amide bonds. The van der Waals surface area contributed by atoms with Gasteiger partial charge in [-0.2, -0.15) is 0 Å². The molecule has 0 saturated heterocycles. The van der Waals surface area contributed by atoms with Crippen LogP contribution in [0.4, 0.5) is 0 Å². The summed E-state index contributed by atoms with van der Waals surface area (Å²) in [5, 5.41) is 4.46. The number of aromatic nitrogens is 1. The smallest absolute Gasteiger partial charge is 0.269 e. The first-order valence-corrected chi connectivity index (χ1v) is 7.85. The Bertz CT molecular complexity index is 680. The molecular formula is C17H19ClN2O. The van der Waals surface area contributed by atoms with E-state index in [4.69, 9.17) is 11.6 Å². The van der Waals surface area contributed by atoms with E-state index in [1.165, 1.54) is 19.3 Å². The lowest BCUT2D eigenvalue weighted by atomic mass is 10.0. The predicted molar refractivity (Wildman–Crippen MR) is 85.7 cm³/mol. The quantitative estimate of drug-likeness (QED) is 0.899. The van der Waals surface area contributed by atoms with E-state index in [-0.39, 0.29) is 5.91 Å². The number of para-hydroxylation sites is 1. The number of fused-ring (bicyclic) bond motifs is 1. The Morgan fingerprint density at radius 2 is 2.14 bits per heavy atom. The van der Waals surface area contributed by atoms with Gasteiger partial charge in [0.1, 0.15) is 5.69 Å². The molecule has 4 heteroatoms. The van der Waals surface area contributed by atoms with Crippen LogP contribution in [0.1, 0.15) is 43.1 Å². The van der Waals surface area contributed by atoms with Gasteiger partial charge in [-0.15, -0.1) is 0 Å². The van der Waals surface area contributed by atoms with Crippen molar-refractivity contribution in [1.82, 2.24) is 10.3 Å². The van der Waals surface area contributed by atoms with Gasteiger partial charge in [0.2, 0.25) is 0 Å².